The first-order valence-corrected chi connectivity index (χ1v) is 8.49. The van der Waals surface area contributed by atoms with E-state index in [0.717, 1.165) is 31.4 Å². The summed E-state index contributed by atoms with van der Waals surface area (Å²) in [6.07, 6.45) is 2.76. The smallest absolute Gasteiger partial charge is 0.311 e. The lowest BCUT2D eigenvalue weighted by atomic mass is 9.81. The van der Waals surface area contributed by atoms with Crippen molar-refractivity contribution in [2.24, 2.45) is 11.3 Å². The van der Waals surface area contributed by atoms with E-state index in [9.17, 15) is 9.90 Å². The first kappa shape index (κ1) is 18.2. The van der Waals surface area contributed by atoms with Crippen molar-refractivity contribution >= 4 is 30.0 Å². The lowest BCUT2D eigenvalue weighted by molar-refractivity contribution is -0.149. The summed E-state index contributed by atoms with van der Waals surface area (Å²) >= 11 is 5.88. The molecule has 2 atom stereocenters. The summed E-state index contributed by atoms with van der Waals surface area (Å²) < 4.78 is 5.34. The van der Waals surface area contributed by atoms with E-state index in [0.29, 0.717) is 29.8 Å². The van der Waals surface area contributed by atoms with Gasteiger partial charge in [-0.1, -0.05) is 23.2 Å². The molecule has 4 rings (SSSR count). The van der Waals surface area contributed by atoms with Crippen LogP contribution in [0.4, 0.5) is 0 Å². The van der Waals surface area contributed by atoms with Crippen molar-refractivity contribution in [3.05, 3.63) is 35.2 Å². The summed E-state index contributed by atoms with van der Waals surface area (Å²) in [7, 11) is 0. The SMILES string of the molecule is Cl.O=C(O)[C@@]12CCC[C@H]1CN(Cc1nc(-c3ccc(Cl)cc3)no1)C2. The zero-order chi connectivity index (χ0) is 16.7. The molecule has 6 nitrogen and oxygen atoms in total. The molecule has 1 saturated heterocycles. The molecule has 0 amide bonds. The molecule has 2 heterocycles. The Morgan fingerprint density at radius 3 is 2.84 bits per heavy atom. The van der Waals surface area contributed by atoms with Gasteiger partial charge in [-0.3, -0.25) is 9.69 Å². The normalized spacial score (nSPS) is 25.6. The maximum atomic E-state index is 11.7. The van der Waals surface area contributed by atoms with Gasteiger partial charge in [0.25, 0.3) is 0 Å². The highest BCUT2D eigenvalue weighted by Crippen LogP contribution is 2.49. The average Bonchev–Trinajstić information content (AvgIpc) is 3.22. The van der Waals surface area contributed by atoms with Crippen molar-refractivity contribution < 1.29 is 14.4 Å². The van der Waals surface area contributed by atoms with Gasteiger partial charge in [-0.15, -0.1) is 12.4 Å². The molecular weight excluding hydrogens is 365 g/mol. The number of hydrogen-bond donors (Lipinski definition) is 1. The second-order valence-electron chi connectivity index (χ2n) is 6.74. The summed E-state index contributed by atoms with van der Waals surface area (Å²) in [6, 6.07) is 7.25. The third kappa shape index (κ3) is 3.26. The molecule has 1 N–H and O–H groups in total. The molecule has 1 aromatic carbocycles. The van der Waals surface area contributed by atoms with E-state index in [2.05, 4.69) is 15.0 Å². The molecule has 1 aliphatic carbocycles. The van der Waals surface area contributed by atoms with E-state index < -0.39 is 11.4 Å². The molecule has 2 aliphatic rings. The minimum atomic E-state index is -0.667. The number of hydrogen-bond acceptors (Lipinski definition) is 5. The molecule has 2 fully saturated rings. The fourth-order valence-corrected chi connectivity index (χ4v) is 4.22. The molecule has 8 heteroatoms. The third-order valence-corrected chi connectivity index (χ3v) is 5.55. The molecule has 0 bridgehead atoms. The maximum absolute atomic E-state index is 11.7. The highest BCUT2D eigenvalue weighted by atomic mass is 35.5. The summed E-state index contributed by atoms with van der Waals surface area (Å²) in [4.78, 5) is 18.3. The predicted molar refractivity (Wildman–Crippen MR) is 94.7 cm³/mol. The van der Waals surface area contributed by atoms with Crippen LogP contribution in [0.3, 0.4) is 0 Å². The Labute approximate surface area is 156 Å². The van der Waals surface area contributed by atoms with E-state index in [1.807, 2.05) is 12.1 Å². The number of aromatic nitrogens is 2. The minimum absolute atomic E-state index is 0. The molecule has 1 aromatic heterocycles. The number of carboxylic acids is 1. The van der Waals surface area contributed by atoms with Crippen LogP contribution in [0.15, 0.2) is 28.8 Å². The zero-order valence-corrected chi connectivity index (χ0v) is 15.1. The number of benzene rings is 1. The quantitative estimate of drug-likeness (QED) is 0.869. The Balaban J connectivity index is 0.00000182. The van der Waals surface area contributed by atoms with E-state index in [1.165, 1.54) is 0 Å². The van der Waals surface area contributed by atoms with Crippen molar-refractivity contribution in [3.8, 4) is 11.4 Å². The number of halogens is 2. The van der Waals surface area contributed by atoms with Gasteiger partial charge in [0.05, 0.1) is 12.0 Å². The molecule has 134 valence electrons. The third-order valence-electron chi connectivity index (χ3n) is 5.30. The van der Waals surface area contributed by atoms with Crippen LogP contribution in [0, 0.1) is 11.3 Å². The summed E-state index contributed by atoms with van der Waals surface area (Å²) in [5.74, 6) is 0.600. The van der Waals surface area contributed by atoms with E-state index in [1.54, 1.807) is 12.1 Å². The number of carbonyl (C=O) groups is 1. The zero-order valence-electron chi connectivity index (χ0n) is 13.5. The fourth-order valence-electron chi connectivity index (χ4n) is 4.09. The molecule has 25 heavy (non-hydrogen) atoms. The van der Waals surface area contributed by atoms with E-state index >= 15 is 0 Å². The maximum Gasteiger partial charge on any atom is 0.311 e. The van der Waals surface area contributed by atoms with Gasteiger partial charge < -0.3 is 9.63 Å². The Bertz CT molecular complexity index is 765. The van der Waals surface area contributed by atoms with Crippen LogP contribution >= 0.6 is 24.0 Å². The Hall–Kier alpha value is -1.63. The summed E-state index contributed by atoms with van der Waals surface area (Å²) in [5.41, 5.74) is 0.258. The van der Waals surface area contributed by atoms with E-state index in [-0.39, 0.29) is 18.3 Å². The van der Waals surface area contributed by atoms with Crippen molar-refractivity contribution in [1.82, 2.24) is 15.0 Å². The van der Waals surface area contributed by atoms with Crippen LogP contribution in [-0.4, -0.2) is 39.2 Å². The van der Waals surface area contributed by atoms with Gasteiger partial charge in [0.1, 0.15) is 0 Å². The largest absolute Gasteiger partial charge is 0.481 e. The molecule has 1 aliphatic heterocycles. The molecule has 0 radical (unpaired) electrons. The number of carboxylic acid groups (broad SMARTS) is 1. The molecule has 1 saturated carbocycles. The van der Waals surface area contributed by atoms with Gasteiger partial charge in [-0.05, 0) is 43.0 Å². The Morgan fingerprint density at radius 2 is 2.16 bits per heavy atom. The highest BCUT2D eigenvalue weighted by Gasteiger charge is 2.54. The first-order valence-electron chi connectivity index (χ1n) is 8.11. The van der Waals surface area contributed by atoms with Crippen molar-refractivity contribution in [3.63, 3.8) is 0 Å². The topological polar surface area (TPSA) is 79.5 Å². The average molecular weight is 384 g/mol. The molecule has 0 unspecified atom stereocenters. The van der Waals surface area contributed by atoms with Crippen molar-refractivity contribution in [2.75, 3.05) is 13.1 Å². The number of aliphatic carboxylic acids is 1. The van der Waals surface area contributed by atoms with Gasteiger partial charge in [0, 0.05) is 23.7 Å². The Morgan fingerprint density at radius 1 is 1.40 bits per heavy atom. The standard InChI is InChI=1S/C17H18ClN3O3.ClH/c18-13-5-3-11(4-6-13)15-19-14(24-20-15)9-21-8-12-2-1-7-17(12,10-21)16(22)23;/h3-6,12H,1-2,7-10H2,(H,22,23);1H/t12-,17+;/m0./s1. The Kier molecular flexibility index (Phi) is 5.04. The number of rotatable bonds is 4. The molecular formula is C17H19Cl2N3O3. The van der Waals surface area contributed by atoms with Gasteiger partial charge >= 0.3 is 5.97 Å². The predicted octanol–water partition coefficient (Wildman–Crippen LogP) is 3.50. The lowest BCUT2D eigenvalue weighted by Gasteiger charge is -2.23. The lowest BCUT2D eigenvalue weighted by Crippen LogP contribution is -2.35. The fraction of sp³-hybridized carbons (Fsp3) is 0.471. The second-order valence-corrected chi connectivity index (χ2v) is 7.18. The number of nitrogens with zero attached hydrogens (tertiary/aromatic N) is 3. The van der Waals surface area contributed by atoms with E-state index in [4.69, 9.17) is 16.1 Å². The summed E-state index contributed by atoms with van der Waals surface area (Å²) in [5, 5.41) is 14.3. The van der Waals surface area contributed by atoms with Crippen LogP contribution in [0.2, 0.25) is 5.02 Å². The summed E-state index contributed by atoms with van der Waals surface area (Å²) in [6.45, 7) is 1.84. The second kappa shape index (κ2) is 6.94. The van der Waals surface area contributed by atoms with Crippen molar-refractivity contribution in [1.29, 1.82) is 0 Å². The van der Waals surface area contributed by atoms with Gasteiger partial charge in [0.15, 0.2) is 0 Å². The van der Waals surface area contributed by atoms with Crippen LogP contribution in [0.25, 0.3) is 11.4 Å². The van der Waals surface area contributed by atoms with Crippen LogP contribution in [0.5, 0.6) is 0 Å². The van der Waals surface area contributed by atoms with Crippen LogP contribution in [0.1, 0.15) is 25.2 Å². The highest BCUT2D eigenvalue weighted by molar-refractivity contribution is 6.30. The van der Waals surface area contributed by atoms with Gasteiger partial charge in [-0.2, -0.15) is 4.98 Å². The first-order chi connectivity index (χ1) is 11.6. The monoisotopic (exact) mass is 383 g/mol. The number of fused-ring (bicyclic) bond motifs is 1. The molecule has 2 aromatic rings. The number of likely N-dealkylation sites (tertiary alicyclic amines) is 1. The van der Waals surface area contributed by atoms with Crippen LogP contribution < -0.4 is 0 Å². The van der Waals surface area contributed by atoms with Crippen LogP contribution in [-0.2, 0) is 11.3 Å². The van der Waals surface area contributed by atoms with Crippen molar-refractivity contribution in [2.45, 2.75) is 25.8 Å². The minimum Gasteiger partial charge on any atom is -0.481 e. The van der Waals surface area contributed by atoms with Gasteiger partial charge in [-0.25, -0.2) is 0 Å². The van der Waals surface area contributed by atoms with Gasteiger partial charge in [0.2, 0.25) is 11.7 Å². The molecule has 0 spiro atoms.